The van der Waals surface area contributed by atoms with Crippen LogP contribution < -0.4 is 5.73 Å². The van der Waals surface area contributed by atoms with Crippen LogP contribution in [0.3, 0.4) is 0 Å². The van der Waals surface area contributed by atoms with E-state index >= 15 is 0 Å². The fourth-order valence-corrected chi connectivity index (χ4v) is 2.49. The monoisotopic (exact) mass is 228 g/mol. The Kier molecular flexibility index (Phi) is 5.54. The summed E-state index contributed by atoms with van der Waals surface area (Å²) in [6.07, 6.45) is 6.04. The van der Waals surface area contributed by atoms with Gasteiger partial charge in [-0.05, 0) is 58.0 Å². The van der Waals surface area contributed by atoms with Crippen molar-refractivity contribution in [2.75, 3.05) is 13.1 Å². The molecule has 0 radical (unpaired) electrons. The molecule has 1 aliphatic heterocycles. The highest BCUT2D eigenvalue weighted by molar-refractivity contribution is 7.80. The van der Waals surface area contributed by atoms with Crippen LogP contribution in [0.4, 0.5) is 0 Å². The van der Waals surface area contributed by atoms with E-state index in [4.69, 9.17) is 18.0 Å². The molecule has 15 heavy (non-hydrogen) atoms. The summed E-state index contributed by atoms with van der Waals surface area (Å²) < 4.78 is 0. The van der Waals surface area contributed by atoms with Gasteiger partial charge < -0.3 is 10.6 Å². The van der Waals surface area contributed by atoms with Crippen LogP contribution in [0.25, 0.3) is 0 Å². The van der Waals surface area contributed by atoms with Crippen LogP contribution in [0.2, 0.25) is 0 Å². The molecular weight excluding hydrogens is 204 g/mol. The predicted molar refractivity (Wildman–Crippen MR) is 70.1 cm³/mol. The van der Waals surface area contributed by atoms with Crippen molar-refractivity contribution in [3.63, 3.8) is 0 Å². The van der Waals surface area contributed by atoms with Crippen LogP contribution in [0.15, 0.2) is 0 Å². The van der Waals surface area contributed by atoms with Crippen molar-refractivity contribution in [2.24, 2.45) is 11.7 Å². The SMILES string of the molecule is CC1CCCN(CCCCC(N)=S)C1C. The lowest BCUT2D eigenvalue weighted by atomic mass is 9.92. The third kappa shape index (κ3) is 4.47. The first-order chi connectivity index (χ1) is 7.11. The third-order valence-corrected chi connectivity index (χ3v) is 3.83. The normalized spacial score (nSPS) is 27.9. The van der Waals surface area contributed by atoms with Crippen LogP contribution >= 0.6 is 12.2 Å². The van der Waals surface area contributed by atoms with Gasteiger partial charge in [-0.2, -0.15) is 0 Å². The maximum atomic E-state index is 5.48. The van der Waals surface area contributed by atoms with Gasteiger partial charge in [-0.3, -0.25) is 0 Å². The Hall–Kier alpha value is -0.150. The first-order valence-corrected chi connectivity index (χ1v) is 6.54. The molecule has 0 spiro atoms. The van der Waals surface area contributed by atoms with Crippen molar-refractivity contribution in [1.29, 1.82) is 0 Å². The number of hydrogen-bond donors (Lipinski definition) is 1. The molecule has 0 amide bonds. The summed E-state index contributed by atoms with van der Waals surface area (Å²) in [6, 6.07) is 0.753. The summed E-state index contributed by atoms with van der Waals surface area (Å²) in [4.78, 5) is 3.28. The van der Waals surface area contributed by atoms with Gasteiger partial charge in [0.15, 0.2) is 0 Å². The summed E-state index contributed by atoms with van der Waals surface area (Å²) in [5, 5.41) is 0. The van der Waals surface area contributed by atoms with Crippen molar-refractivity contribution in [3.8, 4) is 0 Å². The summed E-state index contributed by atoms with van der Waals surface area (Å²) in [6.45, 7) is 7.22. The van der Waals surface area contributed by atoms with Crippen molar-refractivity contribution in [1.82, 2.24) is 4.90 Å². The molecule has 2 N–H and O–H groups in total. The molecule has 0 aromatic heterocycles. The Balaban J connectivity index is 2.17. The second-order valence-electron chi connectivity index (χ2n) is 4.82. The minimum atomic E-state index is 0.662. The van der Waals surface area contributed by atoms with Gasteiger partial charge in [0.2, 0.25) is 0 Å². The van der Waals surface area contributed by atoms with Gasteiger partial charge in [-0.25, -0.2) is 0 Å². The highest BCUT2D eigenvalue weighted by Crippen LogP contribution is 2.22. The average molecular weight is 228 g/mol. The van der Waals surface area contributed by atoms with E-state index in [1.54, 1.807) is 0 Å². The Morgan fingerprint density at radius 2 is 2.13 bits per heavy atom. The van der Waals surface area contributed by atoms with Gasteiger partial charge in [0.05, 0.1) is 4.99 Å². The average Bonchev–Trinajstić information content (AvgIpc) is 2.18. The molecule has 0 aliphatic carbocycles. The first kappa shape index (κ1) is 12.9. The number of unbranched alkanes of at least 4 members (excludes halogenated alkanes) is 1. The molecule has 3 heteroatoms. The minimum absolute atomic E-state index is 0.662. The molecule has 1 aliphatic rings. The van der Waals surface area contributed by atoms with E-state index in [2.05, 4.69) is 18.7 Å². The van der Waals surface area contributed by atoms with E-state index in [0.29, 0.717) is 4.99 Å². The molecule has 1 rings (SSSR count). The number of nitrogens with two attached hydrogens (primary N) is 1. The van der Waals surface area contributed by atoms with Gasteiger partial charge in [0.1, 0.15) is 0 Å². The molecule has 88 valence electrons. The molecule has 0 bridgehead atoms. The molecule has 2 atom stereocenters. The van der Waals surface area contributed by atoms with Gasteiger partial charge >= 0.3 is 0 Å². The van der Waals surface area contributed by atoms with Crippen molar-refractivity contribution in [2.45, 2.75) is 52.0 Å². The van der Waals surface area contributed by atoms with Crippen LogP contribution in [-0.2, 0) is 0 Å². The molecule has 1 saturated heterocycles. The van der Waals surface area contributed by atoms with E-state index in [-0.39, 0.29) is 0 Å². The fourth-order valence-electron chi connectivity index (χ4n) is 2.35. The first-order valence-electron chi connectivity index (χ1n) is 6.13. The van der Waals surface area contributed by atoms with E-state index in [9.17, 15) is 0 Å². The van der Waals surface area contributed by atoms with E-state index in [0.717, 1.165) is 24.8 Å². The Morgan fingerprint density at radius 1 is 1.40 bits per heavy atom. The fraction of sp³-hybridized carbons (Fsp3) is 0.917. The Morgan fingerprint density at radius 3 is 2.80 bits per heavy atom. The quantitative estimate of drug-likeness (QED) is 0.579. The highest BCUT2D eigenvalue weighted by atomic mass is 32.1. The number of piperidine rings is 1. The zero-order valence-corrected chi connectivity index (χ0v) is 10.9. The van der Waals surface area contributed by atoms with E-state index < -0.39 is 0 Å². The predicted octanol–water partition coefficient (Wildman–Crippen LogP) is 2.56. The lowest BCUT2D eigenvalue weighted by molar-refractivity contribution is 0.112. The summed E-state index contributed by atoms with van der Waals surface area (Å²) in [7, 11) is 0. The van der Waals surface area contributed by atoms with Crippen molar-refractivity contribution in [3.05, 3.63) is 0 Å². The summed E-state index contributed by atoms with van der Waals surface area (Å²) >= 11 is 4.87. The molecular formula is C12H24N2S. The number of hydrogen-bond acceptors (Lipinski definition) is 2. The van der Waals surface area contributed by atoms with Crippen LogP contribution in [0.5, 0.6) is 0 Å². The standard InChI is InChI=1S/C12H24N2S/c1-10-6-5-9-14(11(10)2)8-4-3-7-12(13)15/h10-11H,3-9H2,1-2H3,(H2,13,15). The van der Waals surface area contributed by atoms with E-state index in [1.165, 1.54) is 32.4 Å². The number of likely N-dealkylation sites (tertiary alicyclic amines) is 1. The molecule has 0 aromatic rings. The topological polar surface area (TPSA) is 29.3 Å². The van der Waals surface area contributed by atoms with Gasteiger partial charge in [0, 0.05) is 6.04 Å². The lowest BCUT2D eigenvalue weighted by Gasteiger charge is -2.37. The second kappa shape index (κ2) is 6.44. The summed E-state index contributed by atoms with van der Waals surface area (Å²) in [5.41, 5.74) is 5.48. The number of thiocarbonyl (C=S) groups is 1. The van der Waals surface area contributed by atoms with Crippen LogP contribution in [0, 0.1) is 5.92 Å². The van der Waals surface area contributed by atoms with Gasteiger partial charge in [-0.15, -0.1) is 0 Å². The third-order valence-electron chi connectivity index (χ3n) is 3.62. The highest BCUT2D eigenvalue weighted by Gasteiger charge is 2.23. The van der Waals surface area contributed by atoms with Gasteiger partial charge in [-0.1, -0.05) is 19.1 Å². The smallest absolute Gasteiger partial charge is 0.0727 e. The number of nitrogens with zero attached hydrogens (tertiary/aromatic N) is 1. The Labute approximate surface area is 99.2 Å². The molecule has 0 aromatic carbocycles. The molecule has 2 unspecified atom stereocenters. The lowest BCUT2D eigenvalue weighted by Crippen LogP contribution is -2.42. The summed E-state index contributed by atoms with van der Waals surface area (Å²) in [5.74, 6) is 0.856. The maximum absolute atomic E-state index is 5.48. The maximum Gasteiger partial charge on any atom is 0.0727 e. The second-order valence-corrected chi connectivity index (χ2v) is 5.34. The largest absolute Gasteiger partial charge is 0.393 e. The van der Waals surface area contributed by atoms with Crippen LogP contribution in [-0.4, -0.2) is 29.0 Å². The molecule has 1 fully saturated rings. The number of rotatable bonds is 5. The minimum Gasteiger partial charge on any atom is -0.393 e. The van der Waals surface area contributed by atoms with E-state index in [1.807, 2.05) is 0 Å². The van der Waals surface area contributed by atoms with Crippen molar-refractivity contribution < 1.29 is 0 Å². The molecule has 1 heterocycles. The van der Waals surface area contributed by atoms with Crippen molar-refractivity contribution >= 4 is 17.2 Å². The van der Waals surface area contributed by atoms with Crippen LogP contribution in [0.1, 0.15) is 46.0 Å². The molecule has 0 saturated carbocycles. The Bertz CT molecular complexity index is 206. The zero-order chi connectivity index (χ0) is 11.3. The molecule has 2 nitrogen and oxygen atoms in total. The zero-order valence-electron chi connectivity index (χ0n) is 10.0. The van der Waals surface area contributed by atoms with Gasteiger partial charge in [0.25, 0.3) is 0 Å².